The van der Waals surface area contributed by atoms with Gasteiger partial charge >= 0.3 is 13.7 Å². The molecule has 1 aliphatic rings. The number of halogens is 2. The fourth-order valence-electron chi connectivity index (χ4n) is 4.33. The molecule has 3 aromatic rings. The van der Waals surface area contributed by atoms with Crippen LogP contribution in [-0.2, 0) is 23.4 Å². The van der Waals surface area contributed by atoms with Gasteiger partial charge in [-0.05, 0) is 56.5 Å². The van der Waals surface area contributed by atoms with Gasteiger partial charge in [-0.2, -0.15) is 10.1 Å². The molecule has 1 aliphatic heterocycles. The maximum absolute atomic E-state index is 16.5. The molecule has 0 saturated carbocycles. The van der Waals surface area contributed by atoms with Crippen LogP contribution in [0.3, 0.4) is 0 Å². The molecule has 4 rings (SSSR count). The molecule has 1 saturated heterocycles. The highest BCUT2D eigenvalue weighted by Gasteiger charge is 2.62. The van der Waals surface area contributed by atoms with Gasteiger partial charge in [-0.3, -0.25) is 19.1 Å². The number of anilines is 1. The van der Waals surface area contributed by atoms with Crippen LogP contribution in [0.2, 0.25) is 0 Å². The number of H-pyrrole nitrogens is 1. The molecule has 43 heavy (non-hydrogen) atoms. The van der Waals surface area contributed by atoms with E-state index in [1.807, 2.05) is 11.3 Å². The van der Waals surface area contributed by atoms with Gasteiger partial charge in [0.15, 0.2) is 11.9 Å². The minimum atomic E-state index is -4.74. The zero-order valence-corrected chi connectivity index (χ0v) is 24.7. The van der Waals surface area contributed by atoms with Gasteiger partial charge in [0.2, 0.25) is 11.6 Å². The Bertz CT molecular complexity index is 1670. The highest BCUT2D eigenvalue weighted by Crippen LogP contribution is 2.52. The van der Waals surface area contributed by atoms with Gasteiger partial charge in [-0.25, -0.2) is 8.96 Å². The molecule has 3 heterocycles. The summed E-state index contributed by atoms with van der Waals surface area (Å²) in [5.74, 6) is 0.958. The lowest BCUT2D eigenvalue weighted by atomic mass is 9.60. The van der Waals surface area contributed by atoms with Crippen LogP contribution in [0.25, 0.3) is 11.0 Å². The lowest BCUT2D eigenvalue weighted by Crippen LogP contribution is -2.54. The molecule has 0 spiro atoms. The molecule has 2 aromatic heterocycles. The second-order valence-electron chi connectivity index (χ2n) is 9.94. The quantitative estimate of drug-likeness (QED) is 0.111. The van der Waals surface area contributed by atoms with Crippen molar-refractivity contribution in [3.8, 4) is 17.0 Å². The normalized spacial score (nSPS) is 24.2. The van der Waals surface area contributed by atoms with E-state index < -0.39 is 60.9 Å². The SMILES string of the molecule is [B]C([B])(OP(=O)(N[C@@H](C)C(=O)OC(C)C)Oc1ccccc1)C1O[C@@H](n2ccc3c(=O)[nH]c(N)nc32)[C@@](F)(C#CCl)C1O. The van der Waals surface area contributed by atoms with E-state index in [1.54, 1.807) is 32.0 Å². The van der Waals surface area contributed by atoms with Crippen LogP contribution in [-0.4, -0.2) is 76.7 Å². The predicted molar refractivity (Wildman–Crippen MR) is 156 cm³/mol. The minimum Gasteiger partial charge on any atom is -0.462 e. The van der Waals surface area contributed by atoms with Crippen LogP contribution in [0.15, 0.2) is 47.4 Å². The summed E-state index contributed by atoms with van der Waals surface area (Å²) in [7, 11) is 7.64. The number of nitrogens with zero attached hydrogens (tertiary/aromatic N) is 2. The number of nitrogen functional groups attached to an aromatic ring is 1. The number of carbonyl (C=O) groups excluding carboxylic acids is 1. The van der Waals surface area contributed by atoms with Gasteiger partial charge in [-0.1, -0.05) is 18.2 Å². The molecule has 0 aliphatic carbocycles. The highest BCUT2D eigenvalue weighted by molar-refractivity contribution is 7.52. The Labute approximate surface area is 253 Å². The zero-order valence-electron chi connectivity index (χ0n) is 23.1. The Hall–Kier alpha value is -3.31. The van der Waals surface area contributed by atoms with Gasteiger partial charge in [0, 0.05) is 17.0 Å². The average Bonchev–Trinajstić information content (AvgIpc) is 3.42. The third-order valence-electron chi connectivity index (χ3n) is 6.19. The van der Waals surface area contributed by atoms with Crippen molar-refractivity contribution in [3.63, 3.8) is 0 Å². The van der Waals surface area contributed by atoms with Crippen LogP contribution < -0.4 is 20.9 Å². The van der Waals surface area contributed by atoms with Crippen molar-refractivity contribution in [1.29, 1.82) is 0 Å². The summed E-state index contributed by atoms with van der Waals surface area (Å²) in [6, 6.07) is 7.68. The molecule has 18 heteroatoms. The lowest BCUT2D eigenvalue weighted by Gasteiger charge is -2.37. The first-order valence-electron chi connectivity index (χ1n) is 12.7. The van der Waals surface area contributed by atoms with Gasteiger partial charge in [-0.15, -0.1) is 0 Å². The van der Waals surface area contributed by atoms with Crippen LogP contribution in [0.1, 0.15) is 27.0 Å². The first-order valence-corrected chi connectivity index (χ1v) is 14.7. The van der Waals surface area contributed by atoms with E-state index in [0.717, 1.165) is 4.57 Å². The molecule has 5 N–H and O–H groups in total. The molecular weight excluding hydrogens is 605 g/mol. The number of aliphatic hydroxyl groups is 1. The number of aromatic nitrogens is 3. The molecule has 1 fully saturated rings. The molecule has 4 radical (unpaired) electrons. The molecule has 224 valence electrons. The molecular formula is C25H26B2ClFN5O8P. The number of rotatable bonds is 10. The molecule has 3 unspecified atom stereocenters. The van der Waals surface area contributed by atoms with E-state index >= 15 is 4.39 Å². The number of aromatic amines is 1. The van der Waals surface area contributed by atoms with Crippen molar-refractivity contribution in [2.24, 2.45) is 0 Å². The van der Waals surface area contributed by atoms with Crippen LogP contribution in [0.5, 0.6) is 5.75 Å². The summed E-state index contributed by atoms with van der Waals surface area (Å²) in [5.41, 5.74) is 1.87. The molecule has 0 bridgehead atoms. The number of carbonyl (C=O) groups is 1. The molecule has 1 aromatic carbocycles. The standard InChI is InChI=1S/C25H26B2ClFN5O8P/c1-13(2)39-21(37)14(3)33-43(38,41-15-7-5-4-6-8-15)42-25(26,27)18-17(35)24(29,10-11-28)22(40-18)34-12-9-16-19(34)31-23(30)32-20(16)36/h4-9,12-14,17-18,22,35H,1-3H3,(H,33,38)(H3,30,31,32,36)/t14-,17?,18?,22+,24+,43?/m0/s1. The van der Waals surface area contributed by atoms with Crippen LogP contribution >= 0.6 is 19.3 Å². The van der Waals surface area contributed by atoms with Crippen molar-refractivity contribution in [2.75, 3.05) is 5.73 Å². The number of para-hydroxylation sites is 1. The Balaban J connectivity index is 1.71. The summed E-state index contributed by atoms with van der Waals surface area (Å²) in [5, 5.41) is 12.6. The number of alkyl halides is 1. The zero-order chi connectivity index (χ0) is 31.7. The number of hydrogen-bond acceptors (Lipinski definition) is 10. The third-order valence-corrected chi connectivity index (χ3v) is 8.00. The van der Waals surface area contributed by atoms with Gasteiger partial charge in [0.25, 0.3) is 5.56 Å². The maximum Gasteiger partial charge on any atom is 0.458 e. The Morgan fingerprint density at radius 1 is 1.35 bits per heavy atom. The smallest absolute Gasteiger partial charge is 0.458 e. The van der Waals surface area contributed by atoms with Crippen molar-refractivity contribution in [2.45, 2.75) is 62.4 Å². The summed E-state index contributed by atoms with van der Waals surface area (Å²) in [6.45, 7) is 4.55. The first-order chi connectivity index (χ1) is 20.1. The number of nitrogens with one attached hydrogen (secondary N) is 2. The first kappa shape index (κ1) is 32.6. The summed E-state index contributed by atoms with van der Waals surface area (Å²) < 4.78 is 53.5. The van der Waals surface area contributed by atoms with E-state index in [4.69, 9.17) is 51.5 Å². The van der Waals surface area contributed by atoms with Crippen LogP contribution in [0.4, 0.5) is 10.3 Å². The summed E-state index contributed by atoms with van der Waals surface area (Å²) >= 11 is 5.53. The fourth-order valence-corrected chi connectivity index (χ4v) is 6.12. The van der Waals surface area contributed by atoms with Crippen molar-refractivity contribution >= 4 is 58.0 Å². The predicted octanol–water partition coefficient (Wildman–Crippen LogP) is 1.60. The van der Waals surface area contributed by atoms with Crippen LogP contribution in [0, 0.1) is 11.3 Å². The molecule has 13 nitrogen and oxygen atoms in total. The van der Waals surface area contributed by atoms with E-state index in [1.165, 1.54) is 31.3 Å². The number of esters is 1. The third kappa shape index (κ3) is 6.77. The number of benzene rings is 1. The summed E-state index contributed by atoms with van der Waals surface area (Å²) in [6.07, 6.45) is -5.44. The van der Waals surface area contributed by atoms with Crippen molar-refractivity contribution in [3.05, 3.63) is 52.9 Å². The summed E-state index contributed by atoms with van der Waals surface area (Å²) in [4.78, 5) is 31.1. The van der Waals surface area contributed by atoms with Crippen molar-refractivity contribution in [1.82, 2.24) is 19.6 Å². The second kappa shape index (κ2) is 12.4. The Morgan fingerprint density at radius 2 is 2.02 bits per heavy atom. The lowest BCUT2D eigenvalue weighted by molar-refractivity contribution is -0.149. The van der Waals surface area contributed by atoms with Gasteiger partial charge < -0.3 is 29.4 Å². The highest BCUT2D eigenvalue weighted by atomic mass is 35.5. The Kier molecular flexibility index (Phi) is 9.37. The molecule has 0 amide bonds. The number of ether oxygens (including phenoxy) is 2. The average molecular weight is 632 g/mol. The Morgan fingerprint density at radius 3 is 2.65 bits per heavy atom. The van der Waals surface area contributed by atoms with E-state index in [0.29, 0.717) is 0 Å². The van der Waals surface area contributed by atoms with Gasteiger partial charge in [0.1, 0.15) is 39.7 Å². The largest absolute Gasteiger partial charge is 0.462 e. The topological polar surface area (TPSA) is 180 Å². The number of aliphatic hydroxyl groups excluding tert-OH is 1. The monoisotopic (exact) mass is 631 g/mol. The maximum atomic E-state index is 16.5. The van der Waals surface area contributed by atoms with E-state index in [2.05, 4.69) is 15.1 Å². The number of fused-ring (bicyclic) bond motifs is 1. The fraction of sp³-hybridized carbons (Fsp3) is 0.400. The number of nitrogens with two attached hydrogens (primary N) is 1. The molecule has 6 atom stereocenters. The number of hydrogen-bond donors (Lipinski definition) is 4. The second-order valence-corrected chi connectivity index (χ2v) is 11.7. The van der Waals surface area contributed by atoms with Crippen molar-refractivity contribution < 1.29 is 37.4 Å². The van der Waals surface area contributed by atoms with E-state index in [-0.39, 0.29) is 22.7 Å². The minimum absolute atomic E-state index is 0.00664. The van der Waals surface area contributed by atoms with Gasteiger partial charge in [0.05, 0.1) is 11.5 Å². The van der Waals surface area contributed by atoms with E-state index in [9.17, 15) is 19.3 Å².